The molecule has 3 heteroatoms. The molecule has 1 heterocycles. The van der Waals surface area contributed by atoms with Crippen LogP contribution in [0.3, 0.4) is 0 Å². The van der Waals surface area contributed by atoms with E-state index in [1.54, 1.807) is 0 Å². The molecule has 1 saturated heterocycles. The molecular formula is C9H19NO2. The summed E-state index contributed by atoms with van der Waals surface area (Å²) in [6.07, 6.45) is 1.54. The van der Waals surface area contributed by atoms with Crippen molar-refractivity contribution >= 4 is 0 Å². The third-order valence-electron chi connectivity index (χ3n) is 2.16. The maximum Gasteiger partial charge on any atom is 0.0846 e. The van der Waals surface area contributed by atoms with Crippen molar-refractivity contribution < 1.29 is 9.84 Å². The Morgan fingerprint density at radius 1 is 1.58 bits per heavy atom. The summed E-state index contributed by atoms with van der Waals surface area (Å²) in [5, 5.41) is 12.7. The molecule has 2 unspecified atom stereocenters. The normalized spacial score (nSPS) is 30.0. The quantitative estimate of drug-likeness (QED) is 0.651. The number of ether oxygens (including phenoxy) is 1. The topological polar surface area (TPSA) is 41.5 Å². The number of aliphatic hydroxyl groups excluding tert-OH is 1. The summed E-state index contributed by atoms with van der Waals surface area (Å²) in [7, 11) is 0. The minimum Gasteiger partial charge on any atom is -0.390 e. The van der Waals surface area contributed by atoms with Crippen LogP contribution in [0.1, 0.15) is 26.7 Å². The predicted octanol–water partition coefficient (Wildman–Crippen LogP) is 0.524. The minimum absolute atomic E-state index is 0.0660. The van der Waals surface area contributed by atoms with Crippen LogP contribution in [0.5, 0.6) is 0 Å². The summed E-state index contributed by atoms with van der Waals surface area (Å²) in [4.78, 5) is 0. The molecule has 0 saturated carbocycles. The molecule has 0 spiro atoms. The Hall–Kier alpha value is -0.120. The van der Waals surface area contributed by atoms with E-state index in [4.69, 9.17) is 4.74 Å². The average molecular weight is 173 g/mol. The van der Waals surface area contributed by atoms with E-state index in [1.807, 2.05) is 0 Å². The van der Waals surface area contributed by atoms with Crippen LogP contribution in [0, 0.1) is 0 Å². The highest BCUT2D eigenvalue weighted by Gasteiger charge is 2.25. The fourth-order valence-electron chi connectivity index (χ4n) is 1.43. The molecule has 72 valence electrons. The monoisotopic (exact) mass is 173 g/mol. The third-order valence-corrected chi connectivity index (χ3v) is 2.16. The Labute approximate surface area is 74.1 Å². The molecule has 0 aromatic heterocycles. The van der Waals surface area contributed by atoms with Crippen LogP contribution < -0.4 is 5.32 Å². The Balaban J connectivity index is 2.06. The van der Waals surface area contributed by atoms with Gasteiger partial charge in [-0.2, -0.15) is 0 Å². The van der Waals surface area contributed by atoms with Crippen molar-refractivity contribution in [2.75, 3.05) is 13.2 Å². The lowest BCUT2D eigenvalue weighted by Crippen LogP contribution is -2.30. The van der Waals surface area contributed by atoms with Gasteiger partial charge >= 0.3 is 0 Å². The first kappa shape index (κ1) is 9.96. The second-order valence-electron chi connectivity index (χ2n) is 3.66. The van der Waals surface area contributed by atoms with Crippen molar-refractivity contribution in [2.45, 2.75) is 44.9 Å². The maximum atomic E-state index is 9.40. The van der Waals surface area contributed by atoms with Crippen LogP contribution in [-0.4, -0.2) is 36.5 Å². The lowest BCUT2D eigenvalue weighted by molar-refractivity contribution is 0.0368. The summed E-state index contributed by atoms with van der Waals surface area (Å²) in [5.74, 6) is 0. The largest absolute Gasteiger partial charge is 0.390 e. The van der Waals surface area contributed by atoms with Gasteiger partial charge in [-0.3, -0.25) is 0 Å². The van der Waals surface area contributed by atoms with Crippen LogP contribution in [-0.2, 0) is 4.74 Å². The van der Waals surface area contributed by atoms with Crippen molar-refractivity contribution in [1.82, 2.24) is 5.32 Å². The van der Waals surface area contributed by atoms with E-state index in [9.17, 15) is 5.11 Å². The van der Waals surface area contributed by atoms with Crippen molar-refractivity contribution in [1.29, 1.82) is 0 Å². The van der Waals surface area contributed by atoms with Gasteiger partial charge in [0.05, 0.1) is 12.2 Å². The van der Waals surface area contributed by atoms with E-state index >= 15 is 0 Å². The maximum absolute atomic E-state index is 9.40. The summed E-state index contributed by atoms with van der Waals surface area (Å²) in [5.41, 5.74) is 0. The molecule has 0 amide bonds. The lowest BCUT2D eigenvalue weighted by Gasteiger charge is -2.14. The van der Waals surface area contributed by atoms with E-state index in [0.29, 0.717) is 12.6 Å². The van der Waals surface area contributed by atoms with Crippen molar-refractivity contribution in [3.63, 3.8) is 0 Å². The van der Waals surface area contributed by atoms with Crippen LogP contribution in [0.15, 0.2) is 0 Å². The first-order valence-electron chi connectivity index (χ1n) is 4.73. The molecule has 1 aliphatic heterocycles. The van der Waals surface area contributed by atoms with Crippen LogP contribution in [0.25, 0.3) is 0 Å². The molecule has 0 aromatic carbocycles. The summed E-state index contributed by atoms with van der Waals surface area (Å²) < 4.78 is 5.36. The minimum atomic E-state index is -0.237. The molecule has 1 rings (SSSR count). The number of aliphatic hydroxyl groups is 1. The summed E-state index contributed by atoms with van der Waals surface area (Å²) in [6.45, 7) is 5.88. The van der Waals surface area contributed by atoms with Crippen LogP contribution >= 0.6 is 0 Å². The second-order valence-corrected chi connectivity index (χ2v) is 3.66. The Bertz CT molecular complexity index is 128. The first-order valence-corrected chi connectivity index (χ1v) is 4.73. The zero-order valence-electron chi connectivity index (χ0n) is 7.92. The van der Waals surface area contributed by atoms with Gasteiger partial charge in [0, 0.05) is 12.6 Å². The first-order chi connectivity index (χ1) is 5.70. The lowest BCUT2D eigenvalue weighted by atomic mass is 10.1. The molecule has 12 heavy (non-hydrogen) atoms. The molecule has 2 N–H and O–H groups in total. The van der Waals surface area contributed by atoms with E-state index in [-0.39, 0.29) is 12.2 Å². The van der Waals surface area contributed by atoms with Gasteiger partial charge in [0.1, 0.15) is 0 Å². The van der Waals surface area contributed by atoms with Gasteiger partial charge in [-0.05, 0) is 19.4 Å². The number of hydrogen-bond acceptors (Lipinski definition) is 3. The van der Waals surface area contributed by atoms with Crippen molar-refractivity contribution in [3.05, 3.63) is 0 Å². The third kappa shape index (κ3) is 3.09. The molecule has 3 nitrogen and oxygen atoms in total. The Kier molecular flexibility index (Phi) is 3.98. The zero-order valence-corrected chi connectivity index (χ0v) is 7.92. The van der Waals surface area contributed by atoms with Crippen molar-refractivity contribution in [3.8, 4) is 0 Å². The molecule has 1 aliphatic rings. The smallest absolute Gasteiger partial charge is 0.0846 e. The molecule has 1 fully saturated rings. The predicted molar refractivity (Wildman–Crippen MR) is 48.1 cm³/mol. The Morgan fingerprint density at radius 2 is 2.33 bits per heavy atom. The van der Waals surface area contributed by atoms with Gasteiger partial charge in [-0.25, -0.2) is 0 Å². The highest BCUT2D eigenvalue weighted by molar-refractivity contribution is 4.75. The van der Waals surface area contributed by atoms with Crippen LogP contribution in [0.4, 0.5) is 0 Å². The summed E-state index contributed by atoms with van der Waals surface area (Å²) in [6, 6.07) is 0.517. The second kappa shape index (κ2) is 4.80. The molecule has 0 aromatic rings. The highest BCUT2D eigenvalue weighted by Crippen LogP contribution is 2.15. The number of hydrogen-bond donors (Lipinski definition) is 2. The van der Waals surface area contributed by atoms with E-state index in [1.165, 1.54) is 0 Å². The van der Waals surface area contributed by atoms with E-state index in [0.717, 1.165) is 19.4 Å². The fourth-order valence-corrected chi connectivity index (χ4v) is 1.43. The van der Waals surface area contributed by atoms with Gasteiger partial charge in [0.2, 0.25) is 0 Å². The number of rotatable bonds is 4. The zero-order chi connectivity index (χ0) is 8.97. The van der Waals surface area contributed by atoms with Gasteiger partial charge < -0.3 is 15.2 Å². The van der Waals surface area contributed by atoms with Gasteiger partial charge in [0.25, 0.3) is 0 Å². The van der Waals surface area contributed by atoms with Crippen LogP contribution in [0.2, 0.25) is 0 Å². The highest BCUT2D eigenvalue weighted by atomic mass is 16.5. The molecule has 0 bridgehead atoms. The fraction of sp³-hybridized carbons (Fsp3) is 1.00. The van der Waals surface area contributed by atoms with Gasteiger partial charge in [-0.1, -0.05) is 13.8 Å². The van der Waals surface area contributed by atoms with Gasteiger partial charge in [-0.15, -0.1) is 0 Å². The molecule has 0 aliphatic carbocycles. The average Bonchev–Trinajstić information content (AvgIpc) is 2.36. The molecule has 0 radical (unpaired) electrons. The Morgan fingerprint density at radius 3 is 2.83 bits per heavy atom. The van der Waals surface area contributed by atoms with E-state index in [2.05, 4.69) is 19.2 Å². The SMILES string of the molecule is CC(C)NCCC1OCCC1O. The van der Waals surface area contributed by atoms with Crippen molar-refractivity contribution in [2.24, 2.45) is 0 Å². The van der Waals surface area contributed by atoms with Gasteiger partial charge in [0.15, 0.2) is 0 Å². The van der Waals surface area contributed by atoms with E-state index < -0.39 is 0 Å². The number of nitrogens with one attached hydrogen (secondary N) is 1. The molecule has 2 atom stereocenters. The standard InChI is InChI=1S/C9H19NO2/c1-7(2)10-5-3-9-8(11)4-6-12-9/h7-11H,3-6H2,1-2H3. The summed E-state index contributed by atoms with van der Waals surface area (Å²) >= 11 is 0. The molecular weight excluding hydrogens is 154 g/mol.